The third-order valence-electron chi connectivity index (χ3n) is 4.58. The second-order valence-electron chi connectivity index (χ2n) is 6.34. The average molecular weight is 297 g/mol. The van der Waals surface area contributed by atoms with E-state index in [0.29, 0.717) is 6.04 Å². The maximum absolute atomic E-state index is 12.4. The predicted molar refractivity (Wildman–Crippen MR) is 89.5 cm³/mol. The average Bonchev–Trinajstić information content (AvgIpc) is 2.51. The zero-order valence-corrected chi connectivity index (χ0v) is 14.5. The van der Waals surface area contributed by atoms with E-state index in [1.165, 1.54) is 12.8 Å². The lowest BCUT2D eigenvalue weighted by atomic mass is 10.1. The fourth-order valence-corrected chi connectivity index (χ4v) is 3.13. The minimum absolute atomic E-state index is 0.0495. The molecular weight excluding hydrogens is 262 g/mol. The Morgan fingerprint density at radius 1 is 1.14 bits per heavy atom. The van der Waals surface area contributed by atoms with Gasteiger partial charge in [0.1, 0.15) is 0 Å². The molecule has 0 aromatic carbocycles. The first-order valence-corrected chi connectivity index (χ1v) is 8.85. The van der Waals surface area contributed by atoms with Crippen molar-refractivity contribution in [1.82, 2.24) is 15.1 Å². The van der Waals surface area contributed by atoms with E-state index in [4.69, 9.17) is 0 Å². The Morgan fingerprint density at radius 2 is 1.76 bits per heavy atom. The van der Waals surface area contributed by atoms with E-state index in [1.54, 1.807) is 0 Å². The first-order valence-electron chi connectivity index (χ1n) is 8.85. The lowest BCUT2D eigenvalue weighted by Gasteiger charge is -2.30. The van der Waals surface area contributed by atoms with Gasteiger partial charge in [-0.05, 0) is 65.6 Å². The summed E-state index contributed by atoms with van der Waals surface area (Å²) in [7, 11) is 0. The fraction of sp³-hybridized carbons (Fsp3) is 0.941. The molecule has 4 nitrogen and oxygen atoms in total. The quantitative estimate of drug-likeness (QED) is 0.710. The first kappa shape index (κ1) is 18.4. The van der Waals surface area contributed by atoms with Crippen LogP contribution >= 0.6 is 0 Å². The lowest BCUT2D eigenvalue weighted by Crippen LogP contribution is -2.49. The highest BCUT2D eigenvalue weighted by molar-refractivity contribution is 5.81. The third-order valence-corrected chi connectivity index (χ3v) is 4.58. The smallest absolute Gasteiger partial charge is 0.239 e. The Balaban J connectivity index is 2.22. The molecule has 21 heavy (non-hydrogen) atoms. The summed E-state index contributed by atoms with van der Waals surface area (Å²) in [6.07, 6.45) is 5.93. The first-order chi connectivity index (χ1) is 10.1. The highest BCUT2D eigenvalue weighted by Gasteiger charge is 2.22. The van der Waals surface area contributed by atoms with Gasteiger partial charge in [-0.1, -0.05) is 13.8 Å². The summed E-state index contributed by atoms with van der Waals surface area (Å²) >= 11 is 0. The normalized spacial score (nSPS) is 18.8. The zero-order valence-electron chi connectivity index (χ0n) is 14.5. The molecule has 0 aromatic rings. The van der Waals surface area contributed by atoms with Crippen molar-refractivity contribution in [3.05, 3.63) is 0 Å². The van der Waals surface area contributed by atoms with Crippen LogP contribution in [-0.4, -0.2) is 60.5 Å². The molecule has 0 spiro atoms. The van der Waals surface area contributed by atoms with Gasteiger partial charge < -0.3 is 15.1 Å². The Hall–Kier alpha value is -0.610. The Bertz CT molecular complexity index is 286. The van der Waals surface area contributed by atoms with Crippen LogP contribution in [0.4, 0.5) is 0 Å². The Morgan fingerprint density at radius 3 is 2.33 bits per heavy atom. The van der Waals surface area contributed by atoms with Crippen molar-refractivity contribution in [2.45, 2.75) is 71.9 Å². The summed E-state index contributed by atoms with van der Waals surface area (Å²) in [4.78, 5) is 16.8. The highest BCUT2D eigenvalue weighted by atomic mass is 16.2. The van der Waals surface area contributed by atoms with Crippen LogP contribution < -0.4 is 5.32 Å². The summed E-state index contributed by atoms with van der Waals surface area (Å²) in [5, 5.41) is 3.48. The second kappa shape index (κ2) is 10.2. The van der Waals surface area contributed by atoms with Gasteiger partial charge in [0.15, 0.2) is 0 Å². The van der Waals surface area contributed by atoms with E-state index in [2.05, 4.69) is 31.0 Å². The molecule has 1 rings (SSSR count). The number of hydrogen-bond donors (Lipinski definition) is 1. The fourth-order valence-electron chi connectivity index (χ4n) is 3.13. The standard InChI is InChI=1S/C17H35N3O/c1-5-19(6-2)12-10-11-15(3)18-16(4)17(21)20-13-8-7-9-14-20/h15-16,18H,5-14H2,1-4H3. The molecule has 0 aliphatic carbocycles. The van der Waals surface area contributed by atoms with Gasteiger partial charge in [0.2, 0.25) is 5.91 Å². The monoisotopic (exact) mass is 297 g/mol. The number of rotatable bonds is 9. The van der Waals surface area contributed by atoms with Crippen LogP contribution in [0.15, 0.2) is 0 Å². The number of amides is 1. The molecule has 1 fully saturated rings. The van der Waals surface area contributed by atoms with Crippen molar-refractivity contribution < 1.29 is 4.79 Å². The van der Waals surface area contributed by atoms with Gasteiger partial charge >= 0.3 is 0 Å². The van der Waals surface area contributed by atoms with Gasteiger partial charge in [-0.2, -0.15) is 0 Å². The summed E-state index contributed by atoms with van der Waals surface area (Å²) in [6, 6.07) is 0.357. The number of carbonyl (C=O) groups is 1. The van der Waals surface area contributed by atoms with Crippen LogP contribution in [0.2, 0.25) is 0 Å². The maximum atomic E-state index is 12.4. The number of piperidine rings is 1. The van der Waals surface area contributed by atoms with Crippen LogP contribution in [0.25, 0.3) is 0 Å². The third kappa shape index (κ3) is 6.79. The van der Waals surface area contributed by atoms with Crippen LogP contribution in [0.3, 0.4) is 0 Å². The van der Waals surface area contributed by atoms with E-state index in [1.807, 2.05) is 11.8 Å². The SMILES string of the molecule is CCN(CC)CCCC(C)NC(C)C(=O)N1CCCCC1. The van der Waals surface area contributed by atoms with Gasteiger partial charge in [-0.15, -0.1) is 0 Å². The van der Waals surface area contributed by atoms with Crippen molar-refractivity contribution in [2.75, 3.05) is 32.7 Å². The molecule has 124 valence electrons. The molecule has 0 saturated carbocycles. The van der Waals surface area contributed by atoms with Crippen LogP contribution in [0.5, 0.6) is 0 Å². The molecule has 1 saturated heterocycles. The number of likely N-dealkylation sites (tertiary alicyclic amines) is 1. The molecule has 1 aliphatic rings. The summed E-state index contributed by atoms with van der Waals surface area (Å²) in [5.74, 6) is 0.283. The van der Waals surface area contributed by atoms with E-state index >= 15 is 0 Å². The largest absolute Gasteiger partial charge is 0.341 e. The number of hydrogen-bond acceptors (Lipinski definition) is 3. The Labute approximate surface area is 131 Å². The molecule has 2 unspecified atom stereocenters. The van der Waals surface area contributed by atoms with Crippen molar-refractivity contribution in [2.24, 2.45) is 0 Å². The topological polar surface area (TPSA) is 35.6 Å². The van der Waals surface area contributed by atoms with Crippen LogP contribution in [0, 0.1) is 0 Å². The molecule has 1 aliphatic heterocycles. The van der Waals surface area contributed by atoms with E-state index in [0.717, 1.165) is 52.0 Å². The molecule has 0 aromatic heterocycles. The summed E-state index contributed by atoms with van der Waals surface area (Å²) < 4.78 is 0. The van der Waals surface area contributed by atoms with Gasteiger partial charge in [-0.3, -0.25) is 4.79 Å². The van der Waals surface area contributed by atoms with Gasteiger partial charge in [-0.25, -0.2) is 0 Å². The zero-order chi connectivity index (χ0) is 15.7. The lowest BCUT2D eigenvalue weighted by molar-refractivity contribution is -0.134. The van der Waals surface area contributed by atoms with Gasteiger partial charge in [0.05, 0.1) is 6.04 Å². The predicted octanol–water partition coefficient (Wildman–Crippen LogP) is 2.49. The van der Waals surface area contributed by atoms with Crippen LogP contribution in [0.1, 0.15) is 59.8 Å². The van der Waals surface area contributed by atoms with Gasteiger partial charge in [0, 0.05) is 19.1 Å². The van der Waals surface area contributed by atoms with Crippen molar-refractivity contribution in [3.8, 4) is 0 Å². The molecule has 4 heteroatoms. The molecule has 1 N–H and O–H groups in total. The minimum Gasteiger partial charge on any atom is -0.341 e. The molecule has 1 amide bonds. The van der Waals surface area contributed by atoms with Crippen LogP contribution in [-0.2, 0) is 4.79 Å². The summed E-state index contributed by atoms with van der Waals surface area (Å²) in [6.45, 7) is 13.9. The van der Waals surface area contributed by atoms with Crippen molar-refractivity contribution in [1.29, 1.82) is 0 Å². The van der Waals surface area contributed by atoms with Gasteiger partial charge in [0.25, 0.3) is 0 Å². The van der Waals surface area contributed by atoms with E-state index in [9.17, 15) is 4.79 Å². The van der Waals surface area contributed by atoms with E-state index < -0.39 is 0 Å². The van der Waals surface area contributed by atoms with E-state index in [-0.39, 0.29) is 11.9 Å². The Kier molecular flexibility index (Phi) is 8.93. The minimum atomic E-state index is -0.0495. The molecule has 2 atom stereocenters. The molecule has 0 bridgehead atoms. The van der Waals surface area contributed by atoms with Crippen molar-refractivity contribution in [3.63, 3.8) is 0 Å². The second-order valence-corrected chi connectivity index (χ2v) is 6.34. The number of nitrogens with zero attached hydrogens (tertiary/aromatic N) is 2. The maximum Gasteiger partial charge on any atom is 0.239 e. The summed E-state index contributed by atoms with van der Waals surface area (Å²) in [5.41, 5.74) is 0. The number of nitrogens with one attached hydrogen (secondary N) is 1. The highest BCUT2D eigenvalue weighted by Crippen LogP contribution is 2.10. The van der Waals surface area contributed by atoms with Crippen molar-refractivity contribution >= 4 is 5.91 Å². The molecular formula is C17H35N3O. The number of carbonyl (C=O) groups excluding carboxylic acids is 1. The molecule has 0 radical (unpaired) electrons. The molecule has 1 heterocycles.